The Hall–Kier alpha value is -4.91. The third-order valence-corrected chi connectivity index (χ3v) is 6.52. The van der Waals surface area contributed by atoms with Crippen LogP contribution in [0.1, 0.15) is 15.9 Å². The molecule has 6 aromatic rings. The van der Waals surface area contributed by atoms with E-state index in [9.17, 15) is 13.6 Å². The minimum Gasteiger partial charge on any atom is -0.361 e. The molecule has 2 aromatic heterocycles. The van der Waals surface area contributed by atoms with Gasteiger partial charge in [-0.25, -0.2) is 18.7 Å². The lowest BCUT2D eigenvalue weighted by atomic mass is 10.0. The highest BCUT2D eigenvalue weighted by atomic mass is 19.1. The number of fused-ring (bicyclic) bond motifs is 2. The van der Waals surface area contributed by atoms with E-state index >= 15 is 0 Å². The number of amides is 1. The zero-order valence-corrected chi connectivity index (χ0v) is 20.2. The number of rotatable bonds is 6. The van der Waals surface area contributed by atoms with Crippen LogP contribution in [-0.4, -0.2) is 27.4 Å². The first-order valence-corrected chi connectivity index (χ1v) is 12.2. The molecule has 186 valence electrons. The van der Waals surface area contributed by atoms with Crippen LogP contribution in [0.2, 0.25) is 0 Å². The molecule has 0 bridgehead atoms. The maximum absolute atomic E-state index is 13.6. The number of carbonyl (C=O) groups is 1. The summed E-state index contributed by atoms with van der Waals surface area (Å²) in [6.45, 7) is 0.481. The van der Waals surface area contributed by atoms with Crippen LogP contribution in [-0.2, 0) is 6.42 Å². The molecule has 0 saturated carbocycles. The Morgan fingerprint density at radius 2 is 1.39 bits per heavy atom. The molecule has 0 saturated heterocycles. The van der Waals surface area contributed by atoms with Crippen LogP contribution in [0.25, 0.3) is 44.5 Å². The van der Waals surface area contributed by atoms with E-state index < -0.39 is 0 Å². The molecular formula is C31H22F2N4O. The van der Waals surface area contributed by atoms with Gasteiger partial charge >= 0.3 is 0 Å². The van der Waals surface area contributed by atoms with Crippen LogP contribution in [0, 0.1) is 11.6 Å². The van der Waals surface area contributed by atoms with Gasteiger partial charge in [0.1, 0.15) is 11.6 Å². The summed E-state index contributed by atoms with van der Waals surface area (Å²) in [6, 6.07) is 25.2. The van der Waals surface area contributed by atoms with Gasteiger partial charge in [0.15, 0.2) is 0 Å². The zero-order chi connectivity index (χ0) is 26.1. The fraction of sp³-hybridized carbons (Fsp3) is 0.0645. The highest BCUT2D eigenvalue weighted by Crippen LogP contribution is 2.31. The molecule has 6 rings (SSSR count). The van der Waals surface area contributed by atoms with Gasteiger partial charge in [-0.2, -0.15) is 0 Å². The lowest BCUT2D eigenvalue weighted by molar-refractivity contribution is 0.0954. The van der Waals surface area contributed by atoms with Crippen molar-refractivity contribution in [3.8, 4) is 22.5 Å². The lowest BCUT2D eigenvalue weighted by Crippen LogP contribution is -2.25. The Balaban J connectivity index is 1.30. The Labute approximate surface area is 217 Å². The number of halogens is 2. The summed E-state index contributed by atoms with van der Waals surface area (Å²) < 4.78 is 27.2. The molecule has 1 amide bonds. The standard InChI is InChI=1S/C31H22F2N4O/c32-23-10-5-19(6-11-23)29-30(20-7-12-24(33)13-8-20)37-28-17-21(9-14-27(28)36-29)31(38)34-16-15-22-18-35-26-4-2-1-3-25(22)26/h1-14,17-18,35H,15-16H2,(H,34,38). The Morgan fingerprint density at radius 3 is 2.08 bits per heavy atom. The largest absolute Gasteiger partial charge is 0.361 e. The number of H-pyrrole nitrogens is 1. The third kappa shape index (κ3) is 4.62. The summed E-state index contributed by atoms with van der Waals surface area (Å²) in [5.74, 6) is -0.928. The van der Waals surface area contributed by atoms with Crippen LogP contribution in [0.15, 0.2) is 97.2 Å². The van der Waals surface area contributed by atoms with Gasteiger partial charge in [-0.05, 0) is 84.8 Å². The van der Waals surface area contributed by atoms with Gasteiger partial charge in [-0.1, -0.05) is 18.2 Å². The van der Waals surface area contributed by atoms with Crippen molar-refractivity contribution in [3.63, 3.8) is 0 Å². The number of para-hydroxylation sites is 1. The molecule has 0 unspecified atom stereocenters. The van der Waals surface area contributed by atoms with Crippen LogP contribution < -0.4 is 5.32 Å². The molecule has 7 heteroatoms. The van der Waals surface area contributed by atoms with Gasteiger partial charge in [0.2, 0.25) is 0 Å². The summed E-state index contributed by atoms with van der Waals surface area (Å²) in [5.41, 5.74) is 6.19. The molecule has 0 spiro atoms. The number of aromatic amines is 1. The van der Waals surface area contributed by atoms with Crippen molar-refractivity contribution in [1.82, 2.24) is 20.3 Å². The SMILES string of the molecule is O=C(NCCc1c[nH]c2ccccc12)c1ccc2nc(-c3ccc(F)cc3)c(-c3ccc(F)cc3)nc2c1. The molecule has 0 fully saturated rings. The molecule has 0 aliphatic rings. The number of aromatic nitrogens is 3. The summed E-state index contributed by atoms with van der Waals surface area (Å²) >= 11 is 0. The average Bonchev–Trinajstić information content (AvgIpc) is 3.36. The smallest absolute Gasteiger partial charge is 0.251 e. The van der Waals surface area contributed by atoms with Gasteiger partial charge < -0.3 is 10.3 Å². The van der Waals surface area contributed by atoms with Crippen LogP contribution in [0.5, 0.6) is 0 Å². The second kappa shape index (κ2) is 9.86. The van der Waals surface area contributed by atoms with Gasteiger partial charge in [0, 0.05) is 40.3 Å². The van der Waals surface area contributed by atoms with E-state index in [1.807, 2.05) is 24.4 Å². The first-order valence-electron chi connectivity index (χ1n) is 12.2. The molecule has 0 atom stereocenters. The number of hydrogen-bond acceptors (Lipinski definition) is 3. The highest BCUT2D eigenvalue weighted by molar-refractivity contribution is 5.98. The van der Waals surface area contributed by atoms with Crippen molar-refractivity contribution in [2.24, 2.45) is 0 Å². The van der Waals surface area contributed by atoms with Gasteiger partial charge in [-0.3, -0.25) is 4.79 Å². The predicted molar refractivity (Wildman–Crippen MR) is 145 cm³/mol. The molecule has 38 heavy (non-hydrogen) atoms. The Morgan fingerprint density at radius 1 is 0.763 bits per heavy atom. The van der Waals surface area contributed by atoms with E-state index in [0.29, 0.717) is 52.1 Å². The van der Waals surface area contributed by atoms with Crippen LogP contribution >= 0.6 is 0 Å². The second-order valence-electron chi connectivity index (χ2n) is 9.00. The molecule has 2 N–H and O–H groups in total. The molecule has 0 aliphatic carbocycles. The Kier molecular flexibility index (Phi) is 6.09. The maximum Gasteiger partial charge on any atom is 0.251 e. The summed E-state index contributed by atoms with van der Waals surface area (Å²) in [5, 5.41) is 4.13. The summed E-state index contributed by atoms with van der Waals surface area (Å²) in [4.78, 5) is 25.8. The predicted octanol–water partition coefficient (Wildman–Crippen LogP) is 6.70. The summed E-state index contributed by atoms with van der Waals surface area (Å²) in [7, 11) is 0. The van der Waals surface area contributed by atoms with E-state index in [1.165, 1.54) is 24.3 Å². The Bertz CT molecular complexity index is 1780. The van der Waals surface area contributed by atoms with Crippen LogP contribution in [0.3, 0.4) is 0 Å². The molecule has 0 aliphatic heterocycles. The number of nitrogens with one attached hydrogen (secondary N) is 2. The van der Waals surface area contributed by atoms with E-state index in [-0.39, 0.29) is 17.5 Å². The molecular weight excluding hydrogens is 482 g/mol. The number of carbonyl (C=O) groups excluding carboxylic acids is 1. The van der Waals surface area contributed by atoms with Gasteiger partial charge in [-0.15, -0.1) is 0 Å². The molecule has 0 radical (unpaired) electrons. The fourth-order valence-corrected chi connectivity index (χ4v) is 4.56. The van der Waals surface area contributed by atoms with Gasteiger partial charge in [0.05, 0.1) is 22.4 Å². The van der Waals surface area contributed by atoms with Crippen LogP contribution in [0.4, 0.5) is 8.78 Å². The monoisotopic (exact) mass is 504 g/mol. The van der Waals surface area contributed by atoms with Crippen molar-refractivity contribution in [3.05, 3.63) is 120 Å². The van der Waals surface area contributed by atoms with Crippen molar-refractivity contribution < 1.29 is 13.6 Å². The number of hydrogen-bond donors (Lipinski definition) is 2. The van der Waals surface area contributed by atoms with Gasteiger partial charge in [0.25, 0.3) is 5.91 Å². The molecule has 2 heterocycles. The third-order valence-electron chi connectivity index (χ3n) is 6.52. The van der Waals surface area contributed by atoms with Crippen molar-refractivity contribution in [2.45, 2.75) is 6.42 Å². The lowest BCUT2D eigenvalue weighted by Gasteiger charge is -2.12. The zero-order valence-electron chi connectivity index (χ0n) is 20.2. The van der Waals surface area contributed by atoms with E-state index in [4.69, 9.17) is 9.97 Å². The minimum atomic E-state index is -0.363. The first kappa shape index (κ1) is 23.5. The quantitative estimate of drug-likeness (QED) is 0.265. The first-order chi connectivity index (χ1) is 18.5. The van der Waals surface area contributed by atoms with E-state index in [0.717, 1.165) is 16.5 Å². The minimum absolute atomic E-state index is 0.209. The maximum atomic E-state index is 13.6. The topological polar surface area (TPSA) is 70.7 Å². The second-order valence-corrected chi connectivity index (χ2v) is 9.00. The molecule has 5 nitrogen and oxygen atoms in total. The number of benzene rings is 4. The normalized spacial score (nSPS) is 11.2. The molecule has 4 aromatic carbocycles. The fourth-order valence-electron chi connectivity index (χ4n) is 4.56. The van der Waals surface area contributed by atoms with E-state index in [2.05, 4.69) is 16.4 Å². The van der Waals surface area contributed by atoms with Crippen molar-refractivity contribution in [1.29, 1.82) is 0 Å². The summed E-state index contributed by atoms with van der Waals surface area (Å²) in [6.07, 6.45) is 2.66. The highest BCUT2D eigenvalue weighted by Gasteiger charge is 2.15. The van der Waals surface area contributed by atoms with Crippen molar-refractivity contribution >= 4 is 27.8 Å². The number of nitrogens with zero attached hydrogens (tertiary/aromatic N) is 2. The van der Waals surface area contributed by atoms with Crippen molar-refractivity contribution in [2.75, 3.05) is 6.54 Å². The van der Waals surface area contributed by atoms with E-state index in [1.54, 1.807) is 42.5 Å². The average molecular weight is 505 g/mol.